The third-order valence-corrected chi connectivity index (χ3v) is 3.30. The van der Waals surface area contributed by atoms with Gasteiger partial charge in [-0.2, -0.15) is 0 Å². The minimum absolute atomic E-state index is 0.142. The summed E-state index contributed by atoms with van der Waals surface area (Å²) >= 11 is 0. The van der Waals surface area contributed by atoms with Crippen LogP contribution in [0.3, 0.4) is 0 Å². The number of esters is 1. The number of nitrogens with one attached hydrogen (secondary N) is 1. The molecule has 1 atom stereocenters. The average molecular weight is 288 g/mol. The van der Waals surface area contributed by atoms with Crippen LogP contribution < -0.4 is 11.1 Å². The number of carbonyl (C=O) groups excluding carboxylic acids is 1. The lowest BCUT2D eigenvalue weighted by molar-refractivity contribution is 0.0602. The van der Waals surface area contributed by atoms with Gasteiger partial charge in [0.25, 0.3) is 0 Å². The van der Waals surface area contributed by atoms with Crippen molar-refractivity contribution in [1.82, 2.24) is 0 Å². The predicted molar refractivity (Wildman–Crippen MR) is 82.3 cm³/mol. The summed E-state index contributed by atoms with van der Waals surface area (Å²) in [6.07, 6.45) is 3.35. The molecular weight excluding hydrogens is 268 g/mol. The molecule has 5 heteroatoms. The highest BCUT2D eigenvalue weighted by molar-refractivity contribution is 5.98. The average Bonchev–Trinajstić information content (AvgIpc) is 3.00. The molecule has 0 aliphatic rings. The van der Waals surface area contributed by atoms with Gasteiger partial charge in [-0.3, -0.25) is 0 Å². The van der Waals surface area contributed by atoms with Crippen molar-refractivity contribution >= 4 is 17.3 Å². The maximum atomic E-state index is 11.8. The van der Waals surface area contributed by atoms with E-state index < -0.39 is 5.97 Å². The minimum Gasteiger partial charge on any atom is -0.469 e. The number of rotatable bonds is 6. The highest BCUT2D eigenvalue weighted by Crippen LogP contribution is 2.25. The molecule has 2 rings (SSSR count). The molecule has 2 aromatic rings. The molecule has 3 N–H and O–H groups in total. The van der Waals surface area contributed by atoms with Crippen LogP contribution in [0.2, 0.25) is 0 Å². The van der Waals surface area contributed by atoms with Crippen LogP contribution in [0.25, 0.3) is 0 Å². The largest absolute Gasteiger partial charge is 0.469 e. The standard InChI is InChI=1S/C16H20N2O3/c1-11(8-9-12-5-4-10-21-12)18-15-13(16(19)20-2)6-3-7-14(15)17/h3-7,10-11,18H,8-9,17H2,1-2H3. The van der Waals surface area contributed by atoms with Crippen LogP contribution in [0.15, 0.2) is 41.0 Å². The molecule has 0 radical (unpaired) electrons. The molecule has 0 amide bonds. The lowest BCUT2D eigenvalue weighted by atomic mass is 10.1. The number of carbonyl (C=O) groups is 1. The van der Waals surface area contributed by atoms with Crippen molar-refractivity contribution in [2.24, 2.45) is 0 Å². The molecule has 0 spiro atoms. The van der Waals surface area contributed by atoms with Gasteiger partial charge in [0.2, 0.25) is 0 Å². The summed E-state index contributed by atoms with van der Waals surface area (Å²) in [6.45, 7) is 2.04. The fourth-order valence-corrected chi connectivity index (χ4v) is 2.14. The lowest BCUT2D eigenvalue weighted by Gasteiger charge is -2.18. The van der Waals surface area contributed by atoms with Gasteiger partial charge >= 0.3 is 5.97 Å². The highest BCUT2D eigenvalue weighted by atomic mass is 16.5. The zero-order valence-electron chi connectivity index (χ0n) is 12.3. The Morgan fingerprint density at radius 3 is 2.86 bits per heavy atom. The highest BCUT2D eigenvalue weighted by Gasteiger charge is 2.16. The number of furan rings is 1. The van der Waals surface area contributed by atoms with Crippen LogP contribution in [-0.2, 0) is 11.2 Å². The van der Waals surface area contributed by atoms with Gasteiger partial charge in [-0.1, -0.05) is 6.07 Å². The van der Waals surface area contributed by atoms with Crippen LogP contribution in [0.5, 0.6) is 0 Å². The van der Waals surface area contributed by atoms with E-state index in [4.69, 9.17) is 14.9 Å². The first kappa shape index (κ1) is 15.0. The topological polar surface area (TPSA) is 77.5 Å². The van der Waals surface area contributed by atoms with E-state index in [0.29, 0.717) is 16.9 Å². The second-order valence-corrected chi connectivity index (χ2v) is 4.92. The van der Waals surface area contributed by atoms with E-state index in [2.05, 4.69) is 5.32 Å². The molecule has 1 heterocycles. The molecule has 0 aliphatic heterocycles. The SMILES string of the molecule is COC(=O)c1cccc(N)c1NC(C)CCc1ccco1. The van der Waals surface area contributed by atoms with Crippen molar-refractivity contribution in [3.8, 4) is 0 Å². The van der Waals surface area contributed by atoms with Gasteiger partial charge in [0.15, 0.2) is 0 Å². The number of para-hydroxylation sites is 1. The Balaban J connectivity index is 2.05. The van der Waals surface area contributed by atoms with E-state index in [1.807, 2.05) is 19.1 Å². The smallest absolute Gasteiger partial charge is 0.340 e. The van der Waals surface area contributed by atoms with Gasteiger partial charge in [0.1, 0.15) is 5.76 Å². The summed E-state index contributed by atoms with van der Waals surface area (Å²) in [4.78, 5) is 11.8. The van der Waals surface area contributed by atoms with Gasteiger partial charge in [0.05, 0.1) is 30.3 Å². The molecule has 112 valence electrons. The summed E-state index contributed by atoms with van der Waals surface area (Å²) in [6, 6.07) is 9.16. The molecule has 0 bridgehead atoms. The quantitative estimate of drug-likeness (QED) is 0.631. The zero-order chi connectivity index (χ0) is 15.2. The minimum atomic E-state index is -0.400. The Hall–Kier alpha value is -2.43. The van der Waals surface area contributed by atoms with Gasteiger partial charge in [0, 0.05) is 12.5 Å². The summed E-state index contributed by atoms with van der Waals surface area (Å²) < 4.78 is 10.1. The number of hydrogen-bond acceptors (Lipinski definition) is 5. The molecule has 0 fully saturated rings. The van der Waals surface area contributed by atoms with E-state index in [-0.39, 0.29) is 6.04 Å². The van der Waals surface area contributed by atoms with Gasteiger partial charge in [-0.15, -0.1) is 0 Å². The molecule has 0 saturated carbocycles. The molecule has 1 aromatic carbocycles. The number of anilines is 2. The summed E-state index contributed by atoms with van der Waals surface area (Å²) in [5.74, 6) is 0.543. The maximum absolute atomic E-state index is 11.8. The normalized spacial score (nSPS) is 11.9. The molecule has 0 saturated heterocycles. The van der Waals surface area contributed by atoms with Crippen molar-refractivity contribution in [2.45, 2.75) is 25.8 Å². The predicted octanol–water partition coefficient (Wildman–Crippen LogP) is 3.08. The lowest BCUT2D eigenvalue weighted by Crippen LogP contribution is -2.19. The van der Waals surface area contributed by atoms with E-state index in [0.717, 1.165) is 18.6 Å². The Labute approximate surface area is 124 Å². The number of ether oxygens (including phenoxy) is 1. The molecule has 5 nitrogen and oxygen atoms in total. The Morgan fingerprint density at radius 1 is 1.38 bits per heavy atom. The van der Waals surface area contributed by atoms with Crippen LogP contribution in [0.4, 0.5) is 11.4 Å². The van der Waals surface area contributed by atoms with Crippen LogP contribution in [0, 0.1) is 0 Å². The number of benzene rings is 1. The first-order valence-electron chi connectivity index (χ1n) is 6.87. The van der Waals surface area contributed by atoms with E-state index in [1.165, 1.54) is 7.11 Å². The first-order chi connectivity index (χ1) is 10.1. The monoisotopic (exact) mass is 288 g/mol. The van der Waals surface area contributed by atoms with Crippen molar-refractivity contribution in [3.63, 3.8) is 0 Å². The Morgan fingerprint density at radius 2 is 2.19 bits per heavy atom. The zero-order valence-corrected chi connectivity index (χ0v) is 12.3. The molecule has 1 unspecified atom stereocenters. The fraction of sp³-hybridized carbons (Fsp3) is 0.312. The fourth-order valence-electron chi connectivity index (χ4n) is 2.14. The third kappa shape index (κ3) is 3.78. The van der Waals surface area contributed by atoms with Crippen LogP contribution in [0.1, 0.15) is 29.5 Å². The second kappa shape index (κ2) is 6.83. The van der Waals surface area contributed by atoms with E-state index in [1.54, 1.807) is 24.5 Å². The number of aryl methyl sites for hydroxylation is 1. The van der Waals surface area contributed by atoms with E-state index in [9.17, 15) is 4.79 Å². The first-order valence-corrected chi connectivity index (χ1v) is 6.87. The number of nitrogens with two attached hydrogens (primary N) is 1. The molecular formula is C16H20N2O3. The number of methoxy groups -OCH3 is 1. The molecule has 1 aromatic heterocycles. The maximum Gasteiger partial charge on any atom is 0.340 e. The van der Waals surface area contributed by atoms with Crippen LogP contribution in [-0.4, -0.2) is 19.1 Å². The summed E-state index contributed by atoms with van der Waals surface area (Å²) in [5, 5.41) is 3.29. The summed E-state index contributed by atoms with van der Waals surface area (Å²) in [7, 11) is 1.36. The molecule has 0 aliphatic carbocycles. The Kier molecular flexibility index (Phi) is 4.87. The van der Waals surface area contributed by atoms with Crippen molar-refractivity contribution < 1.29 is 13.9 Å². The third-order valence-electron chi connectivity index (χ3n) is 3.30. The van der Waals surface area contributed by atoms with E-state index >= 15 is 0 Å². The van der Waals surface area contributed by atoms with Crippen molar-refractivity contribution in [3.05, 3.63) is 47.9 Å². The summed E-state index contributed by atoms with van der Waals surface area (Å²) in [5.41, 5.74) is 7.56. The van der Waals surface area contributed by atoms with Gasteiger partial charge in [-0.05, 0) is 37.6 Å². The van der Waals surface area contributed by atoms with Gasteiger partial charge < -0.3 is 20.2 Å². The van der Waals surface area contributed by atoms with Crippen molar-refractivity contribution in [2.75, 3.05) is 18.2 Å². The second-order valence-electron chi connectivity index (χ2n) is 4.92. The van der Waals surface area contributed by atoms with Gasteiger partial charge in [-0.25, -0.2) is 4.79 Å². The number of hydrogen-bond donors (Lipinski definition) is 2. The van der Waals surface area contributed by atoms with Crippen LogP contribution >= 0.6 is 0 Å². The molecule has 21 heavy (non-hydrogen) atoms. The van der Waals surface area contributed by atoms with Crippen molar-refractivity contribution in [1.29, 1.82) is 0 Å². The number of nitrogen functional groups attached to an aromatic ring is 1. The Bertz CT molecular complexity index is 594.